The lowest BCUT2D eigenvalue weighted by Crippen LogP contribution is -2.52. The second-order valence-corrected chi connectivity index (χ2v) is 11.2. The van der Waals surface area contributed by atoms with Crippen LogP contribution in [0.3, 0.4) is 0 Å². The van der Waals surface area contributed by atoms with Crippen LogP contribution in [0.25, 0.3) is 0 Å². The standard InChI is InChI=1S/C28H35FN2O6/c1-27(2,3)25-30(7)24(33)21(31(25)26(34)37-28(4,5)6)13-19-14-22(36-17-32)23(15-20(19)29)35-16-18-11-9-8-10-12-18/h8-12,14-15,17,21,25H,13,16H2,1-7H3/t21?,25-/m0/s1. The van der Waals surface area contributed by atoms with Crippen LogP contribution >= 0.6 is 0 Å². The average molecular weight is 515 g/mol. The smallest absolute Gasteiger partial charge is 0.412 e. The Labute approximate surface area is 217 Å². The van der Waals surface area contributed by atoms with E-state index in [1.54, 1.807) is 27.8 Å². The predicted molar refractivity (Wildman–Crippen MR) is 135 cm³/mol. The van der Waals surface area contributed by atoms with E-state index in [1.165, 1.54) is 15.9 Å². The summed E-state index contributed by atoms with van der Waals surface area (Å²) in [6.07, 6.45) is -1.42. The Kier molecular flexibility index (Phi) is 8.15. The molecule has 9 heteroatoms. The number of carbonyl (C=O) groups excluding carboxylic acids is 3. The van der Waals surface area contributed by atoms with Crippen molar-refractivity contribution < 1.29 is 33.0 Å². The third-order valence-corrected chi connectivity index (χ3v) is 5.92. The first kappa shape index (κ1) is 28.0. The molecular weight excluding hydrogens is 479 g/mol. The quantitative estimate of drug-likeness (QED) is 0.487. The molecule has 1 unspecified atom stereocenters. The van der Waals surface area contributed by atoms with Gasteiger partial charge in [0, 0.05) is 24.9 Å². The van der Waals surface area contributed by atoms with Gasteiger partial charge < -0.3 is 19.1 Å². The van der Waals surface area contributed by atoms with Gasteiger partial charge in [-0.1, -0.05) is 51.1 Å². The molecule has 2 atom stereocenters. The molecular formula is C28H35FN2O6. The van der Waals surface area contributed by atoms with Crippen LogP contribution in [0.2, 0.25) is 0 Å². The van der Waals surface area contributed by atoms with Crippen LogP contribution in [0.5, 0.6) is 11.5 Å². The van der Waals surface area contributed by atoms with E-state index in [9.17, 15) is 14.4 Å². The van der Waals surface area contributed by atoms with E-state index < -0.39 is 35.1 Å². The molecule has 8 nitrogen and oxygen atoms in total. The zero-order valence-electron chi connectivity index (χ0n) is 22.4. The minimum Gasteiger partial charge on any atom is -0.485 e. The second kappa shape index (κ2) is 10.8. The van der Waals surface area contributed by atoms with Gasteiger partial charge in [0.05, 0.1) is 0 Å². The highest BCUT2D eigenvalue weighted by Crippen LogP contribution is 2.38. The van der Waals surface area contributed by atoms with Gasteiger partial charge in [0.1, 0.15) is 30.2 Å². The van der Waals surface area contributed by atoms with Crippen LogP contribution in [-0.4, -0.2) is 53.1 Å². The van der Waals surface area contributed by atoms with Crippen molar-refractivity contribution in [2.24, 2.45) is 5.41 Å². The number of nitrogens with zero attached hydrogens (tertiary/aromatic N) is 2. The molecule has 1 aliphatic heterocycles. The van der Waals surface area contributed by atoms with Crippen molar-refractivity contribution in [1.29, 1.82) is 0 Å². The molecule has 0 radical (unpaired) electrons. The number of benzene rings is 2. The molecule has 1 saturated heterocycles. The molecule has 2 aromatic carbocycles. The van der Waals surface area contributed by atoms with Crippen LogP contribution in [0.1, 0.15) is 52.7 Å². The number of hydrogen-bond donors (Lipinski definition) is 0. The van der Waals surface area contributed by atoms with Crippen molar-refractivity contribution in [1.82, 2.24) is 9.80 Å². The molecule has 2 amide bonds. The molecule has 3 rings (SSSR count). The van der Waals surface area contributed by atoms with E-state index >= 15 is 4.39 Å². The number of carbonyl (C=O) groups is 3. The topological polar surface area (TPSA) is 85.4 Å². The highest BCUT2D eigenvalue weighted by Gasteiger charge is 2.52. The Morgan fingerprint density at radius 1 is 1.05 bits per heavy atom. The van der Waals surface area contributed by atoms with E-state index in [2.05, 4.69) is 0 Å². The summed E-state index contributed by atoms with van der Waals surface area (Å²) in [5.74, 6) is -0.937. The molecule has 0 bridgehead atoms. The Morgan fingerprint density at radius 3 is 2.27 bits per heavy atom. The van der Waals surface area contributed by atoms with Crippen LogP contribution in [0, 0.1) is 11.2 Å². The number of ether oxygens (including phenoxy) is 3. The van der Waals surface area contributed by atoms with E-state index in [1.807, 2.05) is 51.1 Å². The summed E-state index contributed by atoms with van der Waals surface area (Å²) in [6, 6.07) is 10.7. The summed E-state index contributed by atoms with van der Waals surface area (Å²) in [5, 5.41) is 0. The zero-order chi connectivity index (χ0) is 27.5. The van der Waals surface area contributed by atoms with Gasteiger partial charge in [0.2, 0.25) is 5.91 Å². The van der Waals surface area contributed by atoms with Gasteiger partial charge in [-0.25, -0.2) is 9.18 Å². The fourth-order valence-corrected chi connectivity index (χ4v) is 4.49. The molecule has 200 valence electrons. The summed E-state index contributed by atoms with van der Waals surface area (Å²) >= 11 is 0. The van der Waals surface area contributed by atoms with Gasteiger partial charge in [0.15, 0.2) is 11.5 Å². The monoisotopic (exact) mass is 514 g/mol. The van der Waals surface area contributed by atoms with Crippen LogP contribution < -0.4 is 9.47 Å². The lowest BCUT2D eigenvalue weighted by molar-refractivity contribution is -0.129. The average Bonchev–Trinajstić information content (AvgIpc) is 3.05. The molecule has 1 fully saturated rings. The number of amides is 2. The third-order valence-electron chi connectivity index (χ3n) is 5.92. The SMILES string of the molecule is CN1C(=O)C(Cc2cc(OC=O)c(OCc3ccccc3)cc2F)N(C(=O)OC(C)(C)C)[C@H]1C(C)(C)C. The predicted octanol–water partition coefficient (Wildman–Crippen LogP) is 4.93. The number of rotatable bonds is 7. The summed E-state index contributed by atoms with van der Waals surface area (Å²) in [4.78, 5) is 40.7. The Hall–Kier alpha value is -3.62. The summed E-state index contributed by atoms with van der Waals surface area (Å²) in [5.41, 5.74) is -0.346. The highest BCUT2D eigenvalue weighted by atomic mass is 19.1. The lowest BCUT2D eigenvalue weighted by atomic mass is 9.91. The van der Waals surface area contributed by atoms with Crippen LogP contribution in [-0.2, 0) is 27.4 Å². The Bertz CT molecular complexity index is 1140. The maximum absolute atomic E-state index is 15.3. The van der Waals surface area contributed by atoms with Crippen molar-refractivity contribution >= 4 is 18.5 Å². The molecule has 0 spiro atoms. The van der Waals surface area contributed by atoms with Crippen molar-refractivity contribution in [3.8, 4) is 11.5 Å². The lowest BCUT2D eigenvalue weighted by Gasteiger charge is -2.39. The maximum Gasteiger partial charge on any atom is 0.412 e. The highest BCUT2D eigenvalue weighted by molar-refractivity contribution is 5.89. The number of likely N-dealkylation sites (N-methyl/N-ethyl adjacent to an activating group) is 1. The second-order valence-electron chi connectivity index (χ2n) is 11.2. The Balaban J connectivity index is 1.95. The number of hydrogen-bond acceptors (Lipinski definition) is 6. The van der Waals surface area contributed by atoms with Crippen LogP contribution in [0.4, 0.5) is 9.18 Å². The van der Waals surface area contributed by atoms with E-state index in [0.29, 0.717) is 0 Å². The van der Waals surface area contributed by atoms with Crippen molar-refractivity contribution in [3.63, 3.8) is 0 Å². The van der Waals surface area contributed by atoms with Gasteiger partial charge in [-0.05, 0) is 38.0 Å². The summed E-state index contributed by atoms with van der Waals surface area (Å²) in [6.45, 7) is 11.3. The van der Waals surface area contributed by atoms with Crippen molar-refractivity contribution in [3.05, 3.63) is 59.4 Å². The van der Waals surface area contributed by atoms with E-state index in [0.717, 1.165) is 11.6 Å². The largest absolute Gasteiger partial charge is 0.485 e. The van der Waals surface area contributed by atoms with Crippen molar-refractivity contribution in [2.45, 2.75) is 72.4 Å². The first-order valence-corrected chi connectivity index (χ1v) is 12.1. The molecule has 37 heavy (non-hydrogen) atoms. The molecule has 1 heterocycles. The maximum atomic E-state index is 15.3. The van der Waals surface area contributed by atoms with Gasteiger partial charge >= 0.3 is 6.09 Å². The van der Waals surface area contributed by atoms with Crippen molar-refractivity contribution in [2.75, 3.05) is 7.05 Å². The molecule has 0 N–H and O–H groups in total. The van der Waals surface area contributed by atoms with Gasteiger partial charge in [-0.3, -0.25) is 14.5 Å². The van der Waals surface area contributed by atoms with E-state index in [4.69, 9.17) is 14.2 Å². The minimum atomic E-state index is -1.02. The molecule has 0 aliphatic carbocycles. The molecule has 0 aromatic heterocycles. The number of halogens is 1. The normalized spacial score (nSPS) is 18.1. The summed E-state index contributed by atoms with van der Waals surface area (Å²) in [7, 11) is 1.62. The van der Waals surface area contributed by atoms with Crippen LogP contribution in [0.15, 0.2) is 42.5 Å². The minimum absolute atomic E-state index is 0.0114. The van der Waals surface area contributed by atoms with E-state index in [-0.39, 0.29) is 42.5 Å². The van der Waals surface area contributed by atoms with Gasteiger partial charge in [-0.15, -0.1) is 0 Å². The fraction of sp³-hybridized carbons (Fsp3) is 0.464. The van der Waals surface area contributed by atoms with Gasteiger partial charge in [-0.2, -0.15) is 0 Å². The Morgan fingerprint density at radius 2 is 1.70 bits per heavy atom. The zero-order valence-corrected chi connectivity index (χ0v) is 22.4. The third kappa shape index (κ3) is 6.58. The fourth-order valence-electron chi connectivity index (χ4n) is 4.49. The van der Waals surface area contributed by atoms with Gasteiger partial charge in [0.25, 0.3) is 6.47 Å². The first-order valence-electron chi connectivity index (χ1n) is 12.1. The summed E-state index contributed by atoms with van der Waals surface area (Å²) < 4.78 is 31.7. The molecule has 1 aliphatic rings. The molecule has 0 saturated carbocycles. The first-order chi connectivity index (χ1) is 17.2. The molecule has 2 aromatic rings.